The van der Waals surface area contributed by atoms with Crippen molar-refractivity contribution < 1.29 is 9.90 Å². The summed E-state index contributed by atoms with van der Waals surface area (Å²) in [5.41, 5.74) is 1.59. The second-order valence-electron chi connectivity index (χ2n) is 2.70. The highest BCUT2D eigenvalue weighted by Crippen LogP contribution is 2.25. The summed E-state index contributed by atoms with van der Waals surface area (Å²) in [6.07, 6.45) is 2.96. The van der Waals surface area contributed by atoms with Gasteiger partial charge in [-0.2, -0.15) is 0 Å². The van der Waals surface area contributed by atoms with Crippen LogP contribution in [0.1, 0.15) is 18.9 Å². The van der Waals surface area contributed by atoms with Gasteiger partial charge in [0.2, 0.25) is 0 Å². The molecule has 0 unspecified atom stereocenters. The highest BCUT2D eigenvalue weighted by atomic mass is 16.3. The number of aldehydes is 1. The number of hydrogen-bond acceptors (Lipinski definition) is 2. The normalized spacial score (nSPS) is 11.3. The highest BCUT2D eigenvalue weighted by molar-refractivity contribution is 5.83. The van der Waals surface area contributed by atoms with Gasteiger partial charge in [-0.3, -0.25) is 4.79 Å². The zero-order chi connectivity index (χ0) is 9.68. The summed E-state index contributed by atoms with van der Waals surface area (Å²) in [4.78, 5) is 10.3. The number of phenols is 1. The standard InChI is InChI=1S/C11H12O2/c1-2-9(7-8-12)10-5-3-4-6-11(10)13/h3-8,13H,2H2,1H3/b9-7-. The van der Waals surface area contributed by atoms with Crippen molar-refractivity contribution in [3.8, 4) is 5.75 Å². The van der Waals surface area contributed by atoms with Gasteiger partial charge in [-0.1, -0.05) is 25.1 Å². The Morgan fingerprint density at radius 2 is 2.15 bits per heavy atom. The van der Waals surface area contributed by atoms with Crippen molar-refractivity contribution >= 4 is 11.9 Å². The molecule has 13 heavy (non-hydrogen) atoms. The number of hydrogen-bond donors (Lipinski definition) is 1. The minimum Gasteiger partial charge on any atom is -0.507 e. The Balaban J connectivity index is 3.12. The van der Waals surface area contributed by atoms with Crippen molar-refractivity contribution in [2.45, 2.75) is 13.3 Å². The summed E-state index contributed by atoms with van der Waals surface area (Å²) >= 11 is 0. The van der Waals surface area contributed by atoms with E-state index >= 15 is 0 Å². The summed E-state index contributed by atoms with van der Waals surface area (Å²) in [5.74, 6) is 0.220. The second-order valence-corrected chi connectivity index (χ2v) is 2.70. The van der Waals surface area contributed by atoms with Crippen LogP contribution in [0.2, 0.25) is 0 Å². The molecule has 1 rings (SSSR count). The van der Waals surface area contributed by atoms with Crippen LogP contribution in [0.4, 0.5) is 0 Å². The van der Waals surface area contributed by atoms with E-state index in [1.165, 1.54) is 6.08 Å². The van der Waals surface area contributed by atoms with Crippen molar-refractivity contribution in [1.82, 2.24) is 0 Å². The van der Waals surface area contributed by atoms with Crippen LogP contribution in [0.3, 0.4) is 0 Å². The Morgan fingerprint density at radius 3 is 2.69 bits per heavy atom. The molecule has 0 fully saturated rings. The van der Waals surface area contributed by atoms with Gasteiger partial charge in [-0.15, -0.1) is 0 Å². The number of carbonyl (C=O) groups is 1. The maximum absolute atomic E-state index is 10.3. The van der Waals surface area contributed by atoms with Crippen LogP contribution < -0.4 is 0 Å². The molecule has 0 saturated carbocycles. The van der Waals surface area contributed by atoms with Crippen LogP contribution >= 0.6 is 0 Å². The van der Waals surface area contributed by atoms with E-state index in [1.807, 2.05) is 13.0 Å². The zero-order valence-corrected chi connectivity index (χ0v) is 7.53. The zero-order valence-electron chi connectivity index (χ0n) is 7.53. The van der Waals surface area contributed by atoms with Gasteiger partial charge in [-0.25, -0.2) is 0 Å². The highest BCUT2D eigenvalue weighted by Gasteiger charge is 2.03. The van der Waals surface area contributed by atoms with Gasteiger partial charge >= 0.3 is 0 Å². The average Bonchev–Trinajstić information content (AvgIpc) is 2.16. The second kappa shape index (κ2) is 4.45. The van der Waals surface area contributed by atoms with Crippen LogP contribution in [-0.2, 0) is 4.79 Å². The van der Waals surface area contributed by atoms with Crippen molar-refractivity contribution in [1.29, 1.82) is 0 Å². The average molecular weight is 176 g/mol. The lowest BCUT2D eigenvalue weighted by Gasteiger charge is -2.05. The monoisotopic (exact) mass is 176 g/mol. The van der Waals surface area contributed by atoms with Crippen LogP contribution in [0.5, 0.6) is 5.75 Å². The fraction of sp³-hybridized carbons (Fsp3) is 0.182. The molecule has 0 spiro atoms. The number of benzene rings is 1. The third-order valence-electron chi connectivity index (χ3n) is 1.90. The molecule has 1 aromatic rings. The summed E-state index contributed by atoms with van der Waals surface area (Å²) in [6.45, 7) is 1.95. The first-order valence-electron chi connectivity index (χ1n) is 4.22. The Bertz CT molecular complexity index is 327. The van der Waals surface area contributed by atoms with Crippen molar-refractivity contribution in [2.75, 3.05) is 0 Å². The molecule has 0 radical (unpaired) electrons. The van der Waals surface area contributed by atoms with Crippen LogP contribution in [0, 0.1) is 0 Å². The Hall–Kier alpha value is -1.57. The maximum Gasteiger partial charge on any atom is 0.143 e. The lowest BCUT2D eigenvalue weighted by molar-refractivity contribution is -0.104. The van der Waals surface area contributed by atoms with Crippen LogP contribution in [0.25, 0.3) is 5.57 Å². The van der Waals surface area contributed by atoms with E-state index < -0.39 is 0 Å². The van der Waals surface area contributed by atoms with Gasteiger partial charge in [0.1, 0.15) is 12.0 Å². The van der Waals surface area contributed by atoms with Gasteiger partial charge in [0.25, 0.3) is 0 Å². The number of allylic oxidation sites excluding steroid dienone is 2. The lowest BCUT2D eigenvalue weighted by Crippen LogP contribution is -1.84. The minimum absolute atomic E-state index is 0.220. The van der Waals surface area contributed by atoms with E-state index in [0.717, 1.165) is 23.8 Å². The van der Waals surface area contributed by atoms with E-state index in [9.17, 15) is 9.90 Å². The molecule has 1 N–H and O–H groups in total. The molecule has 2 heteroatoms. The van der Waals surface area contributed by atoms with E-state index in [2.05, 4.69) is 0 Å². The van der Waals surface area contributed by atoms with Gasteiger partial charge in [0.15, 0.2) is 0 Å². The lowest BCUT2D eigenvalue weighted by atomic mass is 10.0. The van der Waals surface area contributed by atoms with Gasteiger partial charge in [0, 0.05) is 5.56 Å². The fourth-order valence-electron chi connectivity index (χ4n) is 1.23. The molecule has 2 nitrogen and oxygen atoms in total. The molecule has 0 aliphatic carbocycles. The van der Waals surface area contributed by atoms with Crippen molar-refractivity contribution in [3.63, 3.8) is 0 Å². The quantitative estimate of drug-likeness (QED) is 0.567. The molecular weight excluding hydrogens is 164 g/mol. The number of para-hydroxylation sites is 1. The number of phenolic OH excluding ortho intramolecular Hbond substituents is 1. The topological polar surface area (TPSA) is 37.3 Å². The molecule has 0 amide bonds. The summed E-state index contributed by atoms with van der Waals surface area (Å²) in [6, 6.07) is 7.01. The molecule has 0 aromatic heterocycles. The Labute approximate surface area is 77.5 Å². The largest absolute Gasteiger partial charge is 0.507 e. The Morgan fingerprint density at radius 1 is 1.46 bits per heavy atom. The van der Waals surface area contributed by atoms with Gasteiger partial charge in [-0.05, 0) is 24.1 Å². The first-order chi connectivity index (χ1) is 6.29. The maximum atomic E-state index is 10.3. The summed E-state index contributed by atoms with van der Waals surface area (Å²) in [7, 11) is 0. The first-order valence-corrected chi connectivity index (χ1v) is 4.22. The van der Waals surface area contributed by atoms with Crippen molar-refractivity contribution in [2.24, 2.45) is 0 Å². The molecule has 0 saturated heterocycles. The summed E-state index contributed by atoms with van der Waals surface area (Å²) in [5, 5.41) is 9.48. The van der Waals surface area contributed by atoms with Gasteiger partial charge < -0.3 is 5.11 Å². The molecule has 0 heterocycles. The number of rotatable bonds is 3. The molecule has 68 valence electrons. The van der Waals surface area contributed by atoms with E-state index in [4.69, 9.17) is 0 Å². The van der Waals surface area contributed by atoms with E-state index in [-0.39, 0.29) is 5.75 Å². The number of aromatic hydroxyl groups is 1. The predicted molar refractivity (Wildman–Crippen MR) is 52.4 cm³/mol. The molecule has 0 bridgehead atoms. The van der Waals surface area contributed by atoms with Crippen LogP contribution in [0.15, 0.2) is 30.3 Å². The predicted octanol–water partition coefficient (Wildman–Crippen LogP) is 2.38. The smallest absolute Gasteiger partial charge is 0.143 e. The van der Waals surface area contributed by atoms with Crippen LogP contribution in [-0.4, -0.2) is 11.4 Å². The minimum atomic E-state index is 0.220. The molecule has 0 atom stereocenters. The van der Waals surface area contributed by atoms with Gasteiger partial charge in [0.05, 0.1) is 0 Å². The fourth-order valence-corrected chi connectivity index (χ4v) is 1.23. The molecule has 1 aromatic carbocycles. The third kappa shape index (κ3) is 2.18. The van der Waals surface area contributed by atoms with E-state index in [1.54, 1.807) is 18.2 Å². The summed E-state index contributed by atoms with van der Waals surface area (Å²) < 4.78 is 0. The Kier molecular flexibility index (Phi) is 3.26. The third-order valence-corrected chi connectivity index (χ3v) is 1.90. The molecular formula is C11H12O2. The SMILES string of the molecule is CC/C(=C/C=O)c1ccccc1O. The molecule has 0 aliphatic rings. The molecule has 0 aliphatic heterocycles. The first kappa shape index (κ1) is 9.52. The van der Waals surface area contributed by atoms with E-state index in [0.29, 0.717) is 0 Å². The van der Waals surface area contributed by atoms with Crippen molar-refractivity contribution in [3.05, 3.63) is 35.9 Å². The number of carbonyl (C=O) groups excluding carboxylic acids is 1.